The average Bonchev–Trinajstić information content (AvgIpc) is 3.43. The summed E-state index contributed by atoms with van der Waals surface area (Å²) >= 11 is 6.09. The lowest BCUT2D eigenvalue weighted by Gasteiger charge is -2.47. The van der Waals surface area contributed by atoms with Gasteiger partial charge >= 0.3 is 5.97 Å². The van der Waals surface area contributed by atoms with Crippen LogP contribution in [0.3, 0.4) is 0 Å². The molecule has 0 saturated heterocycles. The van der Waals surface area contributed by atoms with Crippen LogP contribution in [0.4, 0.5) is 0 Å². The van der Waals surface area contributed by atoms with Crippen LogP contribution < -0.4 is 5.32 Å². The summed E-state index contributed by atoms with van der Waals surface area (Å²) < 4.78 is 0. The van der Waals surface area contributed by atoms with Crippen LogP contribution in [0, 0.1) is 23.2 Å². The zero-order chi connectivity index (χ0) is 21.5. The molecule has 9 heteroatoms. The van der Waals surface area contributed by atoms with E-state index >= 15 is 0 Å². The van der Waals surface area contributed by atoms with Gasteiger partial charge in [0, 0.05) is 35.6 Å². The van der Waals surface area contributed by atoms with Gasteiger partial charge in [0.2, 0.25) is 0 Å². The molecule has 2 bridgehead atoms. The molecule has 3 heterocycles. The number of halogens is 1. The van der Waals surface area contributed by atoms with E-state index in [-0.39, 0.29) is 23.7 Å². The molecule has 3 aromatic heterocycles. The lowest BCUT2D eigenvalue weighted by molar-refractivity contribution is -0.149. The van der Waals surface area contributed by atoms with Gasteiger partial charge in [-0.25, -0.2) is 9.98 Å². The van der Waals surface area contributed by atoms with E-state index in [2.05, 4.69) is 25.3 Å². The fourth-order valence-electron chi connectivity index (χ4n) is 5.16. The van der Waals surface area contributed by atoms with Crippen molar-refractivity contribution in [3.05, 3.63) is 53.1 Å². The molecule has 0 amide bonds. The number of rotatable bonds is 4. The zero-order valence-electron chi connectivity index (χ0n) is 16.7. The molecule has 31 heavy (non-hydrogen) atoms. The van der Waals surface area contributed by atoms with Crippen LogP contribution >= 0.6 is 11.6 Å². The summed E-state index contributed by atoms with van der Waals surface area (Å²) in [5.41, 5.74) is 1.92. The van der Waals surface area contributed by atoms with Crippen molar-refractivity contribution < 1.29 is 9.90 Å². The maximum Gasteiger partial charge on any atom is 0.308 e. The third kappa shape index (κ3) is 3.61. The van der Waals surface area contributed by atoms with E-state index in [1.54, 1.807) is 24.7 Å². The molecule has 0 spiro atoms. The Hall–Kier alpha value is -3.13. The summed E-state index contributed by atoms with van der Waals surface area (Å²) in [4.78, 5) is 27.1. The molecule has 0 aromatic carbocycles. The van der Waals surface area contributed by atoms with Gasteiger partial charge < -0.3 is 20.4 Å². The number of aliphatic carboxylic acids is 1. The van der Waals surface area contributed by atoms with E-state index in [0.717, 1.165) is 25.7 Å². The minimum Gasteiger partial charge on any atom is -0.481 e. The molecular formula is C22H23ClN6O2. The standard InChI is InChI=1S/C22H23ClN6O2/c23-13-8-14-15(10-27-20(14)26-9-13)19(24)29-21(16-2-1-7-25-16)28-18-12-5-3-11(4-6-12)17(18)22(30)31/h1-2,7-12,17-18,25H,3-6H2,(H,26,27)(H,30,31)(H2,24,28,29)/t11?,12?,17-,18-/m0/s1. The average molecular weight is 439 g/mol. The highest BCUT2D eigenvalue weighted by atomic mass is 35.5. The molecule has 0 unspecified atom stereocenters. The number of hydrogen-bond acceptors (Lipinski definition) is 3. The highest BCUT2D eigenvalue weighted by molar-refractivity contribution is 6.31. The molecule has 3 fully saturated rings. The summed E-state index contributed by atoms with van der Waals surface area (Å²) in [5.74, 6) is -0.214. The molecule has 2 atom stereocenters. The Morgan fingerprint density at radius 2 is 2.03 bits per heavy atom. The van der Waals surface area contributed by atoms with E-state index in [0.29, 0.717) is 33.1 Å². The van der Waals surface area contributed by atoms with E-state index in [9.17, 15) is 9.90 Å². The van der Waals surface area contributed by atoms with Gasteiger partial charge in [0.15, 0.2) is 11.7 Å². The van der Waals surface area contributed by atoms with Crippen molar-refractivity contribution in [1.82, 2.24) is 20.3 Å². The van der Waals surface area contributed by atoms with Gasteiger partial charge in [0.25, 0.3) is 0 Å². The van der Waals surface area contributed by atoms with Crippen molar-refractivity contribution in [2.24, 2.45) is 22.7 Å². The number of nitrogens with one attached hydrogen (secondary N) is 4. The van der Waals surface area contributed by atoms with Crippen molar-refractivity contribution in [2.45, 2.75) is 31.7 Å². The van der Waals surface area contributed by atoms with Gasteiger partial charge in [-0.2, -0.15) is 0 Å². The number of aromatic nitrogens is 3. The molecule has 160 valence electrons. The molecule has 0 aliphatic heterocycles. The number of nitrogens with zero attached hydrogens (tertiary/aromatic N) is 2. The summed E-state index contributed by atoms with van der Waals surface area (Å²) in [6.07, 6.45) is 9.00. The number of carboxylic acids is 1. The molecule has 8 nitrogen and oxygen atoms in total. The SMILES string of the molecule is N=C(/N=C(/N[C@H]1C2CCC(CC2)[C@@H]1C(=O)O)c1ccc[nH]1)c1c[nH]c2ncc(Cl)cc12. The van der Waals surface area contributed by atoms with Gasteiger partial charge in [0.05, 0.1) is 16.6 Å². The minimum atomic E-state index is -0.759. The maximum absolute atomic E-state index is 12.1. The topological polar surface area (TPSA) is 130 Å². The smallest absolute Gasteiger partial charge is 0.308 e. The van der Waals surface area contributed by atoms with Crippen LogP contribution in [0.15, 0.2) is 41.8 Å². The van der Waals surface area contributed by atoms with Crippen molar-refractivity contribution in [2.75, 3.05) is 0 Å². The summed E-state index contributed by atoms with van der Waals surface area (Å²) in [6.45, 7) is 0. The number of aromatic amines is 2. The Morgan fingerprint density at radius 1 is 1.26 bits per heavy atom. The van der Waals surface area contributed by atoms with Gasteiger partial charge in [0.1, 0.15) is 5.65 Å². The molecule has 5 N–H and O–H groups in total. The second-order valence-electron chi connectivity index (χ2n) is 8.35. The second-order valence-corrected chi connectivity index (χ2v) is 8.79. The number of fused-ring (bicyclic) bond motifs is 4. The number of pyridine rings is 1. The van der Waals surface area contributed by atoms with Crippen LogP contribution in [-0.4, -0.2) is 43.7 Å². The molecule has 0 radical (unpaired) electrons. The first-order chi connectivity index (χ1) is 15.0. The van der Waals surface area contributed by atoms with Crippen molar-refractivity contribution in [3.63, 3.8) is 0 Å². The first kappa shape index (κ1) is 19.8. The van der Waals surface area contributed by atoms with E-state index in [1.807, 2.05) is 12.1 Å². The summed E-state index contributed by atoms with van der Waals surface area (Å²) in [7, 11) is 0. The Labute approximate surface area is 183 Å². The van der Waals surface area contributed by atoms with Gasteiger partial charge in [-0.1, -0.05) is 11.6 Å². The predicted molar refractivity (Wildman–Crippen MR) is 119 cm³/mol. The minimum absolute atomic E-state index is 0.0419. The van der Waals surface area contributed by atoms with Crippen LogP contribution in [0.5, 0.6) is 0 Å². The normalized spacial score (nSPS) is 25.6. The Morgan fingerprint density at radius 3 is 2.74 bits per heavy atom. The lowest BCUT2D eigenvalue weighted by atomic mass is 9.61. The number of carbonyl (C=O) groups is 1. The lowest BCUT2D eigenvalue weighted by Crippen LogP contribution is -2.56. The highest BCUT2D eigenvalue weighted by Crippen LogP contribution is 2.45. The number of amidine groups is 2. The van der Waals surface area contributed by atoms with Crippen LogP contribution in [0.1, 0.15) is 36.9 Å². The van der Waals surface area contributed by atoms with Crippen molar-refractivity contribution in [1.29, 1.82) is 5.41 Å². The Balaban J connectivity index is 1.51. The van der Waals surface area contributed by atoms with Crippen LogP contribution in [-0.2, 0) is 4.79 Å². The fraction of sp³-hybridized carbons (Fsp3) is 0.364. The van der Waals surface area contributed by atoms with Gasteiger partial charge in [-0.3, -0.25) is 10.2 Å². The van der Waals surface area contributed by atoms with Gasteiger partial charge in [-0.15, -0.1) is 0 Å². The quantitative estimate of drug-likeness (QED) is 0.313. The molecule has 3 aromatic rings. The number of aliphatic imine (C=N–C) groups is 1. The second kappa shape index (κ2) is 7.85. The predicted octanol–water partition coefficient (Wildman–Crippen LogP) is 3.80. The summed E-state index contributed by atoms with van der Waals surface area (Å²) in [6, 6.07) is 5.26. The van der Waals surface area contributed by atoms with E-state index in [4.69, 9.17) is 17.0 Å². The van der Waals surface area contributed by atoms with E-state index in [1.165, 1.54) is 0 Å². The fourth-order valence-corrected chi connectivity index (χ4v) is 5.32. The molecular weight excluding hydrogens is 416 g/mol. The first-order valence-corrected chi connectivity index (χ1v) is 10.8. The largest absolute Gasteiger partial charge is 0.481 e. The Bertz CT molecular complexity index is 1160. The van der Waals surface area contributed by atoms with Crippen molar-refractivity contribution in [3.8, 4) is 0 Å². The zero-order valence-corrected chi connectivity index (χ0v) is 17.5. The molecule has 3 aliphatic rings. The maximum atomic E-state index is 12.1. The van der Waals surface area contributed by atoms with E-state index < -0.39 is 11.9 Å². The summed E-state index contributed by atoms with van der Waals surface area (Å²) in [5, 5.41) is 23.2. The first-order valence-electron chi connectivity index (χ1n) is 10.4. The third-order valence-corrected chi connectivity index (χ3v) is 6.84. The van der Waals surface area contributed by atoms with Crippen molar-refractivity contribution >= 4 is 40.3 Å². The van der Waals surface area contributed by atoms with Crippen LogP contribution in [0.25, 0.3) is 11.0 Å². The molecule has 3 saturated carbocycles. The highest BCUT2D eigenvalue weighted by Gasteiger charge is 2.47. The number of hydrogen-bond donors (Lipinski definition) is 5. The monoisotopic (exact) mass is 438 g/mol. The molecule has 6 rings (SSSR count). The van der Waals surface area contributed by atoms with Gasteiger partial charge in [-0.05, 0) is 55.7 Å². The third-order valence-electron chi connectivity index (χ3n) is 6.64. The Kier molecular flexibility index (Phi) is 5.02. The van der Waals surface area contributed by atoms with Crippen LogP contribution in [0.2, 0.25) is 5.02 Å². The number of H-pyrrole nitrogens is 2. The number of carboxylic acid groups (broad SMARTS) is 1. The molecule has 3 aliphatic carbocycles.